The molecule has 4 nitrogen and oxygen atoms in total. The highest BCUT2D eigenvalue weighted by Crippen LogP contribution is 2.24. The second-order valence-electron chi connectivity index (χ2n) is 5.20. The van der Waals surface area contributed by atoms with E-state index < -0.39 is 6.10 Å². The largest absolute Gasteiger partial charge is 0.492 e. The lowest BCUT2D eigenvalue weighted by molar-refractivity contribution is 0.0410. The number of nitrogens with zero attached hydrogens (tertiary/aromatic N) is 1. The highest BCUT2D eigenvalue weighted by atomic mass is 16.5. The lowest BCUT2D eigenvalue weighted by Gasteiger charge is -2.20. The molecule has 1 atom stereocenters. The molecule has 1 N–H and O–H groups in total. The summed E-state index contributed by atoms with van der Waals surface area (Å²) in [7, 11) is 3.55. The van der Waals surface area contributed by atoms with Crippen LogP contribution in [0.3, 0.4) is 0 Å². The van der Waals surface area contributed by atoms with Crippen molar-refractivity contribution < 1.29 is 14.6 Å². The number of aliphatic hydroxyl groups is 1. The van der Waals surface area contributed by atoms with Crippen molar-refractivity contribution >= 4 is 10.8 Å². The lowest BCUT2D eigenvalue weighted by atomic mass is 10.1. The molecule has 0 radical (unpaired) electrons. The van der Waals surface area contributed by atoms with E-state index in [2.05, 4.69) is 18.2 Å². The summed E-state index contributed by atoms with van der Waals surface area (Å²) in [4.78, 5) is 2.04. The molecule has 0 amide bonds. The molecule has 0 aliphatic rings. The van der Waals surface area contributed by atoms with Crippen LogP contribution < -0.4 is 4.74 Å². The number of benzene rings is 2. The molecule has 114 valence electrons. The molecule has 2 aromatic rings. The maximum absolute atomic E-state index is 9.67. The van der Waals surface area contributed by atoms with Gasteiger partial charge in [0, 0.05) is 25.6 Å². The number of likely N-dealkylation sites (N-methyl/N-ethyl adjacent to an activating group) is 1. The Balaban J connectivity index is 1.85. The minimum atomic E-state index is -0.461. The van der Waals surface area contributed by atoms with Gasteiger partial charge in [0.25, 0.3) is 0 Å². The number of hydrogen-bond donors (Lipinski definition) is 1. The third-order valence-electron chi connectivity index (χ3n) is 3.36. The van der Waals surface area contributed by atoms with Crippen molar-refractivity contribution in [3.63, 3.8) is 0 Å². The second kappa shape index (κ2) is 7.98. The standard InChI is InChI=1S/C17H23NO3/c1-18(12-15(19)13-20-2)10-11-21-17-9-5-7-14-6-3-4-8-16(14)17/h3-9,15,19H,10-13H2,1-2H3. The number of methoxy groups -OCH3 is 1. The number of ether oxygens (including phenoxy) is 2. The van der Waals surface area contributed by atoms with Gasteiger partial charge in [0.2, 0.25) is 0 Å². The maximum Gasteiger partial charge on any atom is 0.127 e. The molecular formula is C17H23NO3. The number of rotatable bonds is 8. The normalized spacial score (nSPS) is 12.8. The summed E-state index contributed by atoms with van der Waals surface area (Å²) in [5.74, 6) is 0.902. The fourth-order valence-corrected chi connectivity index (χ4v) is 2.33. The Bertz CT molecular complexity index is 553. The molecule has 0 aliphatic carbocycles. The van der Waals surface area contributed by atoms with Gasteiger partial charge in [-0.05, 0) is 18.5 Å². The van der Waals surface area contributed by atoms with Crippen molar-refractivity contribution in [2.75, 3.05) is 40.5 Å². The Hall–Kier alpha value is -1.62. The summed E-state index contributed by atoms with van der Waals surface area (Å²) in [5, 5.41) is 12.0. The van der Waals surface area contributed by atoms with E-state index in [-0.39, 0.29) is 0 Å². The topological polar surface area (TPSA) is 41.9 Å². The smallest absolute Gasteiger partial charge is 0.127 e. The van der Waals surface area contributed by atoms with Crippen molar-refractivity contribution in [2.45, 2.75) is 6.10 Å². The average Bonchev–Trinajstić information content (AvgIpc) is 2.47. The molecule has 0 spiro atoms. The van der Waals surface area contributed by atoms with Crippen LogP contribution in [0.5, 0.6) is 5.75 Å². The van der Waals surface area contributed by atoms with Crippen molar-refractivity contribution in [1.82, 2.24) is 4.90 Å². The summed E-state index contributed by atoms with van der Waals surface area (Å²) in [5.41, 5.74) is 0. The third kappa shape index (κ3) is 4.70. The van der Waals surface area contributed by atoms with Crippen LogP contribution >= 0.6 is 0 Å². The molecule has 0 heterocycles. The fraction of sp³-hybridized carbons (Fsp3) is 0.412. The summed E-state index contributed by atoms with van der Waals surface area (Å²) >= 11 is 0. The molecule has 2 aromatic carbocycles. The zero-order chi connectivity index (χ0) is 15.1. The van der Waals surface area contributed by atoms with Gasteiger partial charge in [-0.3, -0.25) is 0 Å². The Kier molecular flexibility index (Phi) is 5.99. The molecule has 0 fully saturated rings. The van der Waals surface area contributed by atoms with E-state index in [1.54, 1.807) is 7.11 Å². The van der Waals surface area contributed by atoms with Gasteiger partial charge < -0.3 is 19.5 Å². The van der Waals surface area contributed by atoms with Crippen LogP contribution in [-0.4, -0.2) is 56.6 Å². The lowest BCUT2D eigenvalue weighted by Crippen LogP contribution is -2.34. The predicted octanol–water partition coefficient (Wildman–Crippen LogP) is 2.16. The molecular weight excluding hydrogens is 266 g/mol. The summed E-state index contributed by atoms with van der Waals surface area (Å²) in [6, 6.07) is 14.3. The molecule has 0 saturated carbocycles. The Morgan fingerprint density at radius 1 is 1.14 bits per heavy atom. The molecule has 1 unspecified atom stereocenters. The van der Waals surface area contributed by atoms with Gasteiger partial charge in [0.1, 0.15) is 12.4 Å². The van der Waals surface area contributed by atoms with Gasteiger partial charge in [-0.25, -0.2) is 0 Å². The second-order valence-corrected chi connectivity index (χ2v) is 5.20. The van der Waals surface area contributed by atoms with E-state index >= 15 is 0 Å². The molecule has 2 rings (SSSR count). The van der Waals surface area contributed by atoms with E-state index in [0.717, 1.165) is 17.7 Å². The number of aliphatic hydroxyl groups excluding tert-OH is 1. The van der Waals surface area contributed by atoms with E-state index in [4.69, 9.17) is 9.47 Å². The van der Waals surface area contributed by atoms with Crippen molar-refractivity contribution in [1.29, 1.82) is 0 Å². The monoisotopic (exact) mass is 289 g/mol. The molecule has 0 aromatic heterocycles. The highest BCUT2D eigenvalue weighted by Gasteiger charge is 2.08. The van der Waals surface area contributed by atoms with Gasteiger partial charge in [0.05, 0.1) is 12.7 Å². The number of hydrogen-bond acceptors (Lipinski definition) is 4. The van der Waals surface area contributed by atoms with Gasteiger partial charge >= 0.3 is 0 Å². The Morgan fingerprint density at radius 3 is 2.71 bits per heavy atom. The van der Waals surface area contributed by atoms with E-state index in [1.807, 2.05) is 36.2 Å². The Morgan fingerprint density at radius 2 is 1.90 bits per heavy atom. The third-order valence-corrected chi connectivity index (χ3v) is 3.36. The maximum atomic E-state index is 9.67. The van der Waals surface area contributed by atoms with Crippen molar-refractivity contribution in [3.8, 4) is 5.75 Å². The van der Waals surface area contributed by atoms with E-state index in [1.165, 1.54) is 5.39 Å². The van der Waals surface area contributed by atoms with Crippen LogP contribution in [0, 0.1) is 0 Å². The molecule has 0 aliphatic heterocycles. The van der Waals surface area contributed by atoms with Gasteiger partial charge in [-0.1, -0.05) is 36.4 Å². The van der Waals surface area contributed by atoms with Crippen molar-refractivity contribution in [3.05, 3.63) is 42.5 Å². The highest BCUT2D eigenvalue weighted by molar-refractivity contribution is 5.88. The zero-order valence-electron chi connectivity index (χ0n) is 12.7. The van der Waals surface area contributed by atoms with E-state index in [0.29, 0.717) is 19.8 Å². The van der Waals surface area contributed by atoms with Gasteiger partial charge in [0.15, 0.2) is 0 Å². The van der Waals surface area contributed by atoms with Crippen LogP contribution in [0.1, 0.15) is 0 Å². The first-order valence-corrected chi connectivity index (χ1v) is 7.17. The van der Waals surface area contributed by atoms with E-state index in [9.17, 15) is 5.11 Å². The van der Waals surface area contributed by atoms with Crippen molar-refractivity contribution in [2.24, 2.45) is 0 Å². The van der Waals surface area contributed by atoms with Crippen LogP contribution in [-0.2, 0) is 4.74 Å². The van der Waals surface area contributed by atoms with Crippen LogP contribution in [0.2, 0.25) is 0 Å². The quantitative estimate of drug-likeness (QED) is 0.808. The summed E-state index contributed by atoms with van der Waals surface area (Å²) in [6.45, 7) is 2.27. The first-order valence-electron chi connectivity index (χ1n) is 7.17. The van der Waals surface area contributed by atoms with Crippen LogP contribution in [0.4, 0.5) is 0 Å². The first-order chi connectivity index (χ1) is 10.2. The average molecular weight is 289 g/mol. The molecule has 21 heavy (non-hydrogen) atoms. The predicted molar refractivity (Wildman–Crippen MR) is 84.8 cm³/mol. The van der Waals surface area contributed by atoms with Crippen LogP contribution in [0.25, 0.3) is 10.8 Å². The fourth-order valence-electron chi connectivity index (χ4n) is 2.33. The molecule has 0 bridgehead atoms. The number of fused-ring (bicyclic) bond motifs is 1. The zero-order valence-corrected chi connectivity index (χ0v) is 12.7. The summed E-state index contributed by atoms with van der Waals surface area (Å²) < 4.78 is 10.8. The minimum absolute atomic E-state index is 0.356. The molecule has 4 heteroatoms. The van der Waals surface area contributed by atoms with Gasteiger partial charge in [-0.2, -0.15) is 0 Å². The molecule has 0 saturated heterocycles. The van der Waals surface area contributed by atoms with Gasteiger partial charge in [-0.15, -0.1) is 0 Å². The first kappa shape index (κ1) is 15.8. The summed E-state index contributed by atoms with van der Waals surface area (Å²) in [6.07, 6.45) is -0.461. The van der Waals surface area contributed by atoms with Crippen LogP contribution in [0.15, 0.2) is 42.5 Å². The SMILES string of the molecule is COCC(O)CN(C)CCOc1cccc2ccccc12. The Labute approximate surface area is 125 Å². The minimum Gasteiger partial charge on any atom is -0.492 e.